The maximum Gasteiger partial charge on any atom is 0.325 e. The number of carboxylic acid groups (broad SMARTS) is 1. The number of amides is 1. The first kappa shape index (κ1) is 25.5. The first-order valence-electron chi connectivity index (χ1n) is 11.4. The minimum Gasteiger partial charge on any atom is -0.480 e. The summed E-state index contributed by atoms with van der Waals surface area (Å²) < 4.78 is 1.95. The molecule has 0 aliphatic heterocycles. The number of aromatic nitrogens is 2. The number of nitrogens with one attached hydrogen (secondary N) is 1. The summed E-state index contributed by atoms with van der Waals surface area (Å²) >= 11 is 12.6. The number of halogens is 2. The van der Waals surface area contributed by atoms with Gasteiger partial charge >= 0.3 is 5.97 Å². The molecule has 0 aliphatic carbocycles. The van der Waals surface area contributed by atoms with Gasteiger partial charge in [-0.25, -0.2) is 0 Å². The van der Waals surface area contributed by atoms with Crippen molar-refractivity contribution in [2.24, 2.45) is 0 Å². The summed E-state index contributed by atoms with van der Waals surface area (Å²) in [5.74, 6) is -1.53. The van der Waals surface area contributed by atoms with E-state index >= 15 is 0 Å². The summed E-state index contributed by atoms with van der Waals surface area (Å²) in [5.41, 5.74) is 7.12. The highest BCUT2D eigenvalue weighted by molar-refractivity contribution is 6.35. The van der Waals surface area contributed by atoms with E-state index in [1.807, 2.05) is 48.0 Å². The van der Waals surface area contributed by atoms with Gasteiger partial charge in [-0.05, 0) is 62.2 Å². The molecular weight excluding hydrogens is 497 g/mol. The molecule has 1 heterocycles. The number of hydrogen-bond donors (Lipinski definition) is 2. The second-order valence-electron chi connectivity index (χ2n) is 8.68. The van der Waals surface area contributed by atoms with Crippen LogP contribution in [0.1, 0.15) is 34.0 Å². The van der Waals surface area contributed by atoms with Crippen molar-refractivity contribution < 1.29 is 14.7 Å². The van der Waals surface area contributed by atoms with Gasteiger partial charge in [0, 0.05) is 32.3 Å². The smallest absolute Gasteiger partial charge is 0.325 e. The maximum absolute atomic E-state index is 12.4. The maximum atomic E-state index is 12.4. The van der Waals surface area contributed by atoms with E-state index in [1.54, 1.807) is 18.2 Å². The largest absolute Gasteiger partial charge is 0.480 e. The Balaban J connectivity index is 1.72. The average Bonchev–Trinajstić information content (AvgIpc) is 3.14. The van der Waals surface area contributed by atoms with Crippen molar-refractivity contribution >= 4 is 35.1 Å². The van der Waals surface area contributed by atoms with Gasteiger partial charge in [0.2, 0.25) is 0 Å². The minimum absolute atomic E-state index is 0.386. The molecule has 4 aromatic rings. The zero-order chi connectivity index (χ0) is 26.0. The molecule has 0 radical (unpaired) electrons. The van der Waals surface area contributed by atoms with Crippen LogP contribution in [-0.2, 0) is 11.3 Å². The number of benzene rings is 3. The first-order chi connectivity index (χ1) is 17.1. The Bertz CT molecular complexity index is 1420. The first-order valence-corrected chi connectivity index (χ1v) is 12.1. The van der Waals surface area contributed by atoms with Crippen molar-refractivity contribution in [1.29, 1.82) is 0 Å². The molecule has 1 atom stereocenters. The Morgan fingerprint density at radius 2 is 1.64 bits per heavy atom. The predicted molar refractivity (Wildman–Crippen MR) is 143 cm³/mol. The van der Waals surface area contributed by atoms with Crippen LogP contribution in [0.25, 0.3) is 22.5 Å². The fourth-order valence-corrected chi connectivity index (χ4v) is 4.61. The molecular formula is C28H25Cl2N3O3. The van der Waals surface area contributed by atoms with Crippen LogP contribution in [-0.4, -0.2) is 32.8 Å². The van der Waals surface area contributed by atoms with E-state index in [9.17, 15) is 9.59 Å². The number of nitrogens with zero attached hydrogens (tertiary/aromatic N) is 2. The van der Waals surface area contributed by atoms with E-state index in [4.69, 9.17) is 33.4 Å². The lowest BCUT2D eigenvalue weighted by molar-refractivity contribution is -0.138. The van der Waals surface area contributed by atoms with Gasteiger partial charge < -0.3 is 10.4 Å². The Hall–Kier alpha value is -3.61. The molecule has 0 aliphatic rings. The van der Waals surface area contributed by atoms with Gasteiger partial charge in [0.05, 0.1) is 17.9 Å². The number of aliphatic carboxylic acids is 1. The standard InChI is InChI=1S/C28H25Cl2N3O3/c1-16-6-4-5-7-24(16)26-17(2)25(21-12-22(29)14-23(30)13-21)32-33(26)15-19-8-10-20(11-9-19)27(34)31-18(3)28(35)36/h4-14,18H,15H2,1-3H3,(H,31,34)(H,35,36). The number of aryl methyl sites for hydroxylation is 1. The van der Waals surface area contributed by atoms with E-state index in [0.29, 0.717) is 22.2 Å². The van der Waals surface area contributed by atoms with Crippen LogP contribution in [0, 0.1) is 13.8 Å². The van der Waals surface area contributed by atoms with Crippen LogP contribution in [0.4, 0.5) is 0 Å². The fourth-order valence-electron chi connectivity index (χ4n) is 4.09. The summed E-state index contributed by atoms with van der Waals surface area (Å²) in [4.78, 5) is 23.4. The fraction of sp³-hybridized carbons (Fsp3) is 0.179. The molecule has 1 aromatic heterocycles. The van der Waals surface area contributed by atoms with Gasteiger partial charge in [-0.1, -0.05) is 59.6 Å². The van der Waals surface area contributed by atoms with Crippen LogP contribution in [0.15, 0.2) is 66.7 Å². The zero-order valence-corrected chi connectivity index (χ0v) is 21.6. The number of carboxylic acids is 1. The molecule has 3 aromatic carbocycles. The van der Waals surface area contributed by atoms with Crippen LogP contribution >= 0.6 is 23.2 Å². The highest BCUT2D eigenvalue weighted by Gasteiger charge is 2.20. The van der Waals surface area contributed by atoms with Gasteiger partial charge in [0.1, 0.15) is 6.04 Å². The van der Waals surface area contributed by atoms with E-state index in [0.717, 1.165) is 39.2 Å². The number of hydrogen-bond acceptors (Lipinski definition) is 3. The Kier molecular flexibility index (Phi) is 7.48. The number of carbonyl (C=O) groups is 2. The van der Waals surface area contributed by atoms with Crippen molar-refractivity contribution in [3.05, 3.63) is 99.0 Å². The molecule has 0 spiro atoms. The quantitative estimate of drug-likeness (QED) is 0.295. The summed E-state index contributed by atoms with van der Waals surface area (Å²) in [6, 6.07) is 19.6. The average molecular weight is 522 g/mol. The molecule has 0 saturated carbocycles. The van der Waals surface area contributed by atoms with Crippen LogP contribution in [0.3, 0.4) is 0 Å². The minimum atomic E-state index is -1.09. The SMILES string of the molecule is Cc1ccccc1-c1c(C)c(-c2cc(Cl)cc(Cl)c2)nn1Cc1ccc(C(=O)NC(C)C(=O)O)cc1. The Morgan fingerprint density at radius 1 is 1.00 bits per heavy atom. The summed E-state index contributed by atoms with van der Waals surface area (Å²) in [6.07, 6.45) is 0. The highest BCUT2D eigenvalue weighted by atomic mass is 35.5. The van der Waals surface area contributed by atoms with Crippen LogP contribution in [0.5, 0.6) is 0 Å². The van der Waals surface area contributed by atoms with Crippen molar-refractivity contribution in [2.45, 2.75) is 33.4 Å². The topological polar surface area (TPSA) is 84.2 Å². The highest BCUT2D eigenvalue weighted by Crippen LogP contribution is 2.35. The monoisotopic (exact) mass is 521 g/mol. The Labute approximate surface area is 219 Å². The van der Waals surface area contributed by atoms with Crippen molar-refractivity contribution in [3.8, 4) is 22.5 Å². The Morgan fingerprint density at radius 3 is 2.25 bits per heavy atom. The second kappa shape index (κ2) is 10.6. The normalized spacial score (nSPS) is 11.8. The molecule has 0 fully saturated rings. The molecule has 8 heteroatoms. The van der Waals surface area contributed by atoms with E-state index in [2.05, 4.69) is 24.4 Å². The molecule has 36 heavy (non-hydrogen) atoms. The van der Waals surface area contributed by atoms with Gasteiger partial charge in [-0.3, -0.25) is 14.3 Å². The lowest BCUT2D eigenvalue weighted by Gasteiger charge is -2.12. The molecule has 1 unspecified atom stereocenters. The van der Waals surface area contributed by atoms with E-state index in [-0.39, 0.29) is 0 Å². The second-order valence-corrected chi connectivity index (χ2v) is 9.56. The van der Waals surface area contributed by atoms with Crippen molar-refractivity contribution in [1.82, 2.24) is 15.1 Å². The van der Waals surface area contributed by atoms with Gasteiger partial charge in [-0.2, -0.15) is 5.10 Å². The summed E-state index contributed by atoms with van der Waals surface area (Å²) in [5, 5.41) is 17.5. The van der Waals surface area contributed by atoms with E-state index in [1.165, 1.54) is 6.92 Å². The third-order valence-corrected chi connectivity index (χ3v) is 6.43. The van der Waals surface area contributed by atoms with Crippen molar-refractivity contribution in [3.63, 3.8) is 0 Å². The summed E-state index contributed by atoms with van der Waals surface area (Å²) in [6.45, 7) is 5.98. The lowest BCUT2D eigenvalue weighted by atomic mass is 9.99. The molecule has 2 N–H and O–H groups in total. The predicted octanol–water partition coefficient (Wildman–Crippen LogP) is 6.39. The van der Waals surface area contributed by atoms with Gasteiger partial charge in [-0.15, -0.1) is 0 Å². The third-order valence-electron chi connectivity index (χ3n) is 5.99. The lowest BCUT2D eigenvalue weighted by Crippen LogP contribution is -2.38. The molecule has 0 saturated heterocycles. The molecule has 6 nitrogen and oxygen atoms in total. The van der Waals surface area contributed by atoms with E-state index < -0.39 is 17.9 Å². The molecule has 184 valence electrons. The molecule has 1 amide bonds. The van der Waals surface area contributed by atoms with Crippen LogP contribution < -0.4 is 5.32 Å². The number of rotatable bonds is 7. The third kappa shape index (κ3) is 5.45. The van der Waals surface area contributed by atoms with Crippen LogP contribution in [0.2, 0.25) is 10.0 Å². The number of carbonyl (C=O) groups excluding carboxylic acids is 1. The zero-order valence-electron chi connectivity index (χ0n) is 20.0. The summed E-state index contributed by atoms with van der Waals surface area (Å²) in [7, 11) is 0. The molecule has 0 bridgehead atoms. The van der Waals surface area contributed by atoms with Gasteiger partial charge in [0.15, 0.2) is 0 Å². The van der Waals surface area contributed by atoms with Crippen molar-refractivity contribution in [2.75, 3.05) is 0 Å². The van der Waals surface area contributed by atoms with Gasteiger partial charge in [0.25, 0.3) is 5.91 Å². The molecule has 4 rings (SSSR count).